The molecule has 0 amide bonds. The van der Waals surface area contributed by atoms with Crippen LogP contribution in [-0.4, -0.2) is 20.1 Å². The second kappa shape index (κ2) is 3.37. The molecule has 0 bridgehead atoms. The Balaban J connectivity index is 2.49. The average molecular weight is 206 g/mol. The van der Waals surface area contributed by atoms with Gasteiger partial charge in [-0.3, -0.25) is 15.1 Å². The van der Waals surface area contributed by atoms with Crippen LogP contribution < -0.4 is 5.69 Å². The highest BCUT2D eigenvalue weighted by Gasteiger charge is 2.08. The Morgan fingerprint density at radius 1 is 1.40 bits per heavy atom. The summed E-state index contributed by atoms with van der Waals surface area (Å²) < 4.78 is 0. The molecule has 0 aliphatic carbocycles. The second-order valence-electron chi connectivity index (χ2n) is 2.83. The van der Waals surface area contributed by atoms with E-state index in [2.05, 4.69) is 15.2 Å². The van der Waals surface area contributed by atoms with Crippen LogP contribution in [0.3, 0.4) is 0 Å². The molecule has 7 nitrogen and oxygen atoms in total. The molecule has 0 aliphatic heterocycles. The van der Waals surface area contributed by atoms with Crippen molar-refractivity contribution < 1.29 is 4.92 Å². The molecule has 7 heteroatoms. The first-order chi connectivity index (χ1) is 7.16. The van der Waals surface area contributed by atoms with Gasteiger partial charge in [-0.15, -0.1) is 0 Å². The van der Waals surface area contributed by atoms with Gasteiger partial charge >= 0.3 is 5.69 Å². The summed E-state index contributed by atoms with van der Waals surface area (Å²) in [6.07, 6.45) is 0. The number of non-ortho nitro benzene ring substituents is 1. The zero-order chi connectivity index (χ0) is 10.8. The molecule has 0 fully saturated rings. The van der Waals surface area contributed by atoms with E-state index in [4.69, 9.17) is 0 Å². The fraction of sp³-hybridized carbons (Fsp3) is 0. The minimum Gasteiger partial charge on any atom is -0.289 e. The molecular formula is C8H6N4O3. The lowest BCUT2D eigenvalue weighted by Crippen LogP contribution is -2.00. The summed E-state index contributed by atoms with van der Waals surface area (Å²) in [6.45, 7) is 0. The molecule has 2 aromatic rings. The SMILES string of the molecule is O=c1[nH]nc(-c2cccc([N+](=O)[O-])c2)[nH]1. The molecule has 2 N–H and O–H groups in total. The van der Waals surface area contributed by atoms with E-state index in [0.717, 1.165) is 0 Å². The first-order valence-corrected chi connectivity index (χ1v) is 4.06. The number of nitro benzene ring substituents is 1. The lowest BCUT2D eigenvalue weighted by atomic mass is 10.2. The molecule has 0 aliphatic rings. The van der Waals surface area contributed by atoms with Gasteiger partial charge in [-0.2, -0.15) is 5.10 Å². The van der Waals surface area contributed by atoms with Gasteiger partial charge < -0.3 is 0 Å². The highest BCUT2D eigenvalue weighted by Crippen LogP contribution is 2.19. The summed E-state index contributed by atoms with van der Waals surface area (Å²) in [6, 6.07) is 5.86. The van der Waals surface area contributed by atoms with Gasteiger partial charge in [0.15, 0.2) is 5.82 Å². The van der Waals surface area contributed by atoms with Gasteiger partial charge in [0.25, 0.3) is 5.69 Å². The first-order valence-electron chi connectivity index (χ1n) is 4.06. The van der Waals surface area contributed by atoms with Gasteiger partial charge in [0.05, 0.1) is 4.92 Å². The zero-order valence-corrected chi connectivity index (χ0v) is 7.43. The van der Waals surface area contributed by atoms with E-state index in [1.165, 1.54) is 18.2 Å². The molecule has 1 aromatic carbocycles. The fourth-order valence-corrected chi connectivity index (χ4v) is 1.17. The molecule has 0 radical (unpaired) electrons. The van der Waals surface area contributed by atoms with Crippen LogP contribution in [0.15, 0.2) is 29.1 Å². The average Bonchev–Trinajstić information content (AvgIpc) is 2.65. The molecule has 0 atom stereocenters. The van der Waals surface area contributed by atoms with Crippen LogP contribution in [0.5, 0.6) is 0 Å². The third-order valence-electron chi connectivity index (χ3n) is 1.83. The zero-order valence-electron chi connectivity index (χ0n) is 7.43. The second-order valence-corrected chi connectivity index (χ2v) is 2.83. The highest BCUT2D eigenvalue weighted by atomic mass is 16.6. The largest absolute Gasteiger partial charge is 0.340 e. The van der Waals surface area contributed by atoms with E-state index in [-0.39, 0.29) is 11.5 Å². The van der Waals surface area contributed by atoms with Crippen molar-refractivity contribution in [3.05, 3.63) is 44.9 Å². The van der Waals surface area contributed by atoms with Crippen LogP contribution >= 0.6 is 0 Å². The topological polar surface area (TPSA) is 105 Å². The number of hydrogen-bond acceptors (Lipinski definition) is 4. The minimum absolute atomic E-state index is 0.0450. The predicted molar refractivity (Wildman–Crippen MR) is 51.3 cm³/mol. The van der Waals surface area contributed by atoms with E-state index in [9.17, 15) is 14.9 Å². The molecule has 1 aromatic heterocycles. The van der Waals surface area contributed by atoms with Crippen molar-refractivity contribution in [2.45, 2.75) is 0 Å². The number of nitro groups is 1. The molecule has 1 heterocycles. The molecule has 76 valence electrons. The van der Waals surface area contributed by atoms with Crippen LogP contribution in [0.1, 0.15) is 0 Å². The van der Waals surface area contributed by atoms with E-state index >= 15 is 0 Å². The van der Waals surface area contributed by atoms with E-state index < -0.39 is 10.6 Å². The highest BCUT2D eigenvalue weighted by molar-refractivity contribution is 5.58. The number of hydrogen-bond donors (Lipinski definition) is 2. The maximum absolute atomic E-state index is 10.8. The van der Waals surface area contributed by atoms with Crippen molar-refractivity contribution in [2.75, 3.05) is 0 Å². The minimum atomic E-state index is -0.506. The lowest BCUT2D eigenvalue weighted by molar-refractivity contribution is -0.384. The third-order valence-corrected chi connectivity index (χ3v) is 1.83. The van der Waals surface area contributed by atoms with Gasteiger partial charge in [-0.1, -0.05) is 12.1 Å². The van der Waals surface area contributed by atoms with Gasteiger partial charge in [-0.25, -0.2) is 9.89 Å². The molecule has 2 rings (SSSR count). The Labute approximate surface area is 82.9 Å². The van der Waals surface area contributed by atoms with Crippen LogP contribution in [-0.2, 0) is 0 Å². The maximum atomic E-state index is 10.8. The fourth-order valence-electron chi connectivity index (χ4n) is 1.17. The quantitative estimate of drug-likeness (QED) is 0.556. The van der Waals surface area contributed by atoms with Crippen LogP contribution in [0.2, 0.25) is 0 Å². The van der Waals surface area contributed by atoms with Crippen LogP contribution in [0, 0.1) is 10.1 Å². The Morgan fingerprint density at radius 2 is 2.20 bits per heavy atom. The molecule has 0 saturated carbocycles. The van der Waals surface area contributed by atoms with E-state index in [0.29, 0.717) is 5.56 Å². The standard InChI is InChI=1S/C8H6N4O3/c13-8-9-7(10-11-8)5-2-1-3-6(4-5)12(14)15/h1-4H,(H2,9,10,11,13). The summed E-state index contributed by atoms with van der Waals surface area (Å²) in [4.78, 5) is 23.2. The van der Waals surface area contributed by atoms with E-state index in [1.54, 1.807) is 6.07 Å². The normalized spacial score (nSPS) is 10.1. The maximum Gasteiger partial charge on any atom is 0.340 e. The summed E-state index contributed by atoms with van der Waals surface area (Å²) in [5.41, 5.74) is -0.00425. The monoisotopic (exact) mass is 206 g/mol. The Morgan fingerprint density at radius 3 is 2.80 bits per heavy atom. The van der Waals surface area contributed by atoms with Crippen molar-refractivity contribution in [3.63, 3.8) is 0 Å². The Bertz CT molecular complexity index is 557. The van der Waals surface area contributed by atoms with Gasteiger partial charge in [0, 0.05) is 17.7 Å². The molecule has 0 saturated heterocycles. The van der Waals surface area contributed by atoms with Crippen molar-refractivity contribution >= 4 is 5.69 Å². The lowest BCUT2D eigenvalue weighted by Gasteiger charge is -1.95. The number of aromatic nitrogens is 3. The van der Waals surface area contributed by atoms with Crippen LogP contribution in [0.4, 0.5) is 5.69 Å². The molecular weight excluding hydrogens is 200 g/mol. The summed E-state index contributed by atoms with van der Waals surface area (Å²) in [5, 5.41) is 16.4. The molecule has 15 heavy (non-hydrogen) atoms. The number of nitrogens with one attached hydrogen (secondary N) is 2. The summed E-state index contributed by atoms with van der Waals surface area (Å²) in [7, 11) is 0. The van der Waals surface area contributed by atoms with Crippen molar-refractivity contribution in [2.24, 2.45) is 0 Å². The van der Waals surface area contributed by atoms with Gasteiger partial charge in [-0.05, 0) is 0 Å². The predicted octanol–water partition coefficient (Wildman–Crippen LogP) is 0.673. The van der Waals surface area contributed by atoms with Crippen molar-refractivity contribution in [3.8, 4) is 11.4 Å². The first kappa shape index (κ1) is 9.13. The van der Waals surface area contributed by atoms with Gasteiger partial charge in [0.1, 0.15) is 0 Å². The Hall–Kier alpha value is -2.44. The summed E-state index contributed by atoms with van der Waals surface area (Å²) in [5.74, 6) is 0.281. The number of aromatic amines is 2. The molecule has 0 unspecified atom stereocenters. The van der Waals surface area contributed by atoms with E-state index in [1.807, 2.05) is 0 Å². The third kappa shape index (κ3) is 1.75. The number of rotatable bonds is 2. The van der Waals surface area contributed by atoms with Crippen molar-refractivity contribution in [1.82, 2.24) is 15.2 Å². The number of benzene rings is 1. The smallest absolute Gasteiger partial charge is 0.289 e. The Kier molecular flexibility index (Phi) is 2.05. The number of nitrogens with zero attached hydrogens (tertiary/aromatic N) is 2. The van der Waals surface area contributed by atoms with Crippen molar-refractivity contribution in [1.29, 1.82) is 0 Å². The summed E-state index contributed by atoms with van der Waals surface area (Å²) >= 11 is 0. The molecule has 0 spiro atoms. The number of H-pyrrole nitrogens is 2. The van der Waals surface area contributed by atoms with Crippen LogP contribution in [0.25, 0.3) is 11.4 Å². The van der Waals surface area contributed by atoms with Gasteiger partial charge in [0.2, 0.25) is 0 Å².